The van der Waals surface area contributed by atoms with E-state index in [0.717, 1.165) is 6.16 Å². The third-order valence-corrected chi connectivity index (χ3v) is 5.65. The highest BCUT2D eigenvalue weighted by Gasteiger charge is 2.31. The Morgan fingerprint density at radius 3 is 2.00 bits per heavy atom. The van der Waals surface area contributed by atoms with Gasteiger partial charge in [-0.25, -0.2) is 0 Å². The van der Waals surface area contributed by atoms with Crippen LogP contribution in [0, 0.1) is 17.8 Å². The summed E-state index contributed by atoms with van der Waals surface area (Å²) >= 11 is 0. The van der Waals surface area contributed by atoms with Crippen molar-refractivity contribution in [3.8, 4) is 0 Å². The van der Waals surface area contributed by atoms with Gasteiger partial charge in [-0.3, -0.25) is 14.4 Å². The van der Waals surface area contributed by atoms with Crippen LogP contribution in [0.3, 0.4) is 0 Å². The zero-order valence-electron chi connectivity index (χ0n) is 16.6. The van der Waals surface area contributed by atoms with Crippen LogP contribution < -0.4 is 0 Å². The highest BCUT2D eigenvalue weighted by molar-refractivity contribution is 7.73. The second-order valence-corrected chi connectivity index (χ2v) is 12.6. The highest BCUT2D eigenvalue weighted by Crippen LogP contribution is 2.45. The second kappa shape index (κ2) is 12.2. The van der Waals surface area contributed by atoms with Crippen LogP contribution in [0.15, 0.2) is 0 Å². The normalized spacial score (nSPS) is 15.0. The number of carboxylic acid groups (broad SMARTS) is 1. The number of aliphatic hydroxyl groups is 1. The maximum Gasteiger partial charge on any atom is 0.309 e. The van der Waals surface area contributed by atoms with E-state index in [9.17, 15) is 19.5 Å². The number of hydrogen-bond acceptors (Lipinski definition) is 6. The van der Waals surface area contributed by atoms with Gasteiger partial charge in [0.25, 0.3) is 0 Å². The number of carboxylic acids is 1. The molecule has 0 bridgehead atoms. The number of rotatable bonds is 13. The summed E-state index contributed by atoms with van der Waals surface area (Å²) in [5.74, 6) is -3.92. The van der Waals surface area contributed by atoms with Gasteiger partial charge in [-0.1, -0.05) is 13.8 Å². The number of carbonyl (C=O) groups is 3. The molecule has 0 aromatic rings. The fourth-order valence-electron chi connectivity index (χ4n) is 2.42. The van der Waals surface area contributed by atoms with Gasteiger partial charge in [0.2, 0.25) is 0 Å². The number of ether oxygens (including phenoxy) is 2. The Morgan fingerprint density at radius 1 is 0.962 bits per heavy atom. The van der Waals surface area contributed by atoms with E-state index in [-0.39, 0.29) is 32.0 Å². The van der Waals surface area contributed by atoms with Crippen molar-refractivity contribution in [2.45, 2.75) is 33.1 Å². The first-order valence-corrected chi connectivity index (χ1v) is 12.3. The van der Waals surface area contributed by atoms with Gasteiger partial charge in [-0.05, 0) is 19.3 Å². The van der Waals surface area contributed by atoms with Crippen LogP contribution in [0.4, 0.5) is 0 Å². The standard InChI is InChI=1S/C18H33O7P/c1-6-14(18(23)25-9-10-26(3,4)5)12-15(16(20)21)11-13(2)17(22)24-8-7-19/h13-15,19H,6-12H2,1-5H3/p+1. The number of carbonyl (C=O) groups excluding carboxylic acids is 2. The van der Waals surface area contributed by atoms with E-state index in [1.54, 1.807) is 6.92 Å². The molecule has 2 N–H and O–H groups in total. The summed E-state index contributed by atoms with van der Waals surface area (Å²) < 4.78 is 10.2. The van der Waals surface area contributed by atoms with Crippen LogP contribution in [-0.2, 0) is 23.9 Å². The number of aliphatic carboxylic acids is 1. The van der Waals surface area contributed by atoms with Crippen LogP contribution in [-0.4, -0.2) is 74.1 Å². The van der Waals surface area contributed by atoms with E-state index in [1.165, 1.54) is 0 Å². The van der Waals surface area contributed by atoms with Gasteiger partial charge in [-0.2, -0.15) is 0 Å². The number of esters is 2. The predicted molar refractivity (Wildman–Crippen MR) is 102 cm³/mol. The van der Waals surface area contributed by atoms with Crippen LogP contribution in [0.2, 0.25) is 0 Å². The summed E-state index contributed by atoms with van der Waals surface area (Å²) in [5.41, 5.74) is 0. The lowest BCUT2D eigenvalue weighted by Gasteiger charge is -2.21. The van der Waals surface area contributed by atoms with Crippen LogP contribution >= 0.6 is 7.26 Å². The van der Waals surface area contributed by atoms with Gasteiger partial charge in [0.1, 0.15) is 13.2 Å². The maximum absolute atomic E-state index is 12.3. The zero-order chi connectivity index (χ0) is 20.3. The molecule has 26 heavy (non-hydrogen) atoms. The molecule has 0 aromatic heterocycles. The molecule has 0 rings (SSSR count). The van der Waals surface area contributed by atoms with E-state index in [1.807, 2.05) is 6.92 Å². The lowest BCUT2D eigenvalue weighted by Crippen LogP contribution is -2.28. The van der Waals surface area contributed by atoms with Gasteiger partial charge in [0, 0.05) is 27.3 Å². The molecule has 0 aliphatic carbocycles. The van der Waals surface area contributed by atoms with Crippen molar-refractivity contribution >= 4 is 25.2 Å². The lowest BCUT2D eigenvalue weighted by atomic mass is 9.86. The molecule has 152 valence electrons. The first kappa shape index (κ1) is 24.8. The quantitative estimate of drug-likeness (QED) is 0.364. The van der Waals surface area contributed by atoms with Gasteiger partial charge in [-0.15, -0.1) is 0 Å². The molecule has 8 heteroatoms. The molecule has 0 saturated heterocycles. The number of aliphatic hydroxyl groups excluding tert-OH is 1. The van der Waals surface area contributed by atoms with Gasteiger partial charge in [0.05, 0.1) is 30.5 Å². The molecule has 0 heterocycles. The first-order chi connectivity index (χ1) is 12.0. The molecular formula is C18H34O7P+. The van der Waals surface area contributed by atoms with E-state index < -0.39 is 37.0 Å². The molecule has 0 radical (unpaired) electrons. The molecule has 0 aliphatic heterocycles. The summed E-state index contributed by atoms with van der Waals surface area (Å²) in [6.45, 7) is 9.86. The lowest BCUT2D eigenvalue weighted by molar-refractivity contribution is -0.152. The van der Waals surface area contributed by atoms with E-state index in [2.05, 4.69) is 20.0 Å². The van der Waals surface area contributed by atoms with E-state index >= 15 is 0 Å². The summed E-state index contributed by atoms with van der Waals surface area (Å²) in [6.07, 6.45) is 1.53. The average Bonchev–Trinajstić information content (AvgIpc) is 2.54. The third-order valence-electron chi connectivity index (χ3n) is 4.13. The third kappa shape index (κ3) is 10.7. The Hall–Kier alpha value is -1.20. The predicted octanol–water partition coefficient (Wildman–Crippen LogP) is 2.12. The molecule has 0 aromatic carbocycles. The Morgan fingerprint density at radius 2 is 1.54 bits per heavy atom. The molecular weight excluding hydrogens is 359 g/mol. The second-order valence-electron chi connectivity index (χ2n) is 7.59. The Bertz CT molecular complexity index is 459. The summed E-state index contributed by atoms with van der Waals surface area (Å²) in [7, 11) is -1.03. The van der Waals surface area contributed by atoms with Crippen molar-refractivity contribution in [3.05, 3.63) is 0 Å². The molecule has 3 atom stereocenters. The molecule has 0 spiro atoms. The van der Waals surface area contributed by atoms with Crippen molar-refractivity contribution < 1.29 is 34.1 Å². The maximum atomic E-state index is 12.3. The van der Waals surface area contributed by atoms with Crippen LogP contribution in [0.1, 0.15) is 33.1 Å². The topological polar surface area (TPSA) is 110 Å². The van der Waals surface area contributed by atoms with Crippen molar-refractivity contribution in [2.24, 2.45) is 17.8 Å². The van der Waals surface area contributed by atoms with Crippen molar-refractivity contribution in [3.63, 3.8) is 0 Å². The van der Waals surface area contributed by atoms with Gasteiger partial charge < -0.3 is 19.7 Å². The fraction of sp³-hybridized carbons (Fsp3) is 0.833. The van der Waals surface area contributed by atoms with Crippen molar-refractivity contribution in [2.75, 3.05) is 46.0 Å². The SMILES string of the molecule is CCC(CC(CC(C)C(=O)OCCO)C(=O)O)C(=O)OCC[P+](C)(C)C. The molecule has 0 fully saturated rings. The van der Waals surface area contributed by atoms with Gasteiger partial charge in [0.15, 0.2) is 0 Å². The van der Waals surface area contributed by atoms with E-state index in [0.29, 0.717) is 13.0 Å². The minimum Gasteiger partial charge on any atom is -0.481 e. The monoisotopic (exact) mass is 393 g/mol. The minimum atomic E-state index is -1.04. The van der Waals surface area contributed by atoms with Crippen LogP contribution in [0.5, 0.6) is 0 Å². The minimum absolute atomic E-state index is 0.0803. The Labute approximate surface area is 156 Å². The fourth-order valence-corrected chi connectivity index (χ4v) is 3.06. The molecule has 0 aliphatic rings. The first-order valence-electron chi connectivity index (χ1n) is 8.99. The molecule has 7 nitrogen and oxygen atoms in total. The summed E-state index contributed by atoms with van der Waals surface area (Å²) in [5, 5.41) is 18.1. The summed E-state index contributed by atoms with van der Waals surface area (Å²) in [6, 6.07) is 0. The van der Waals surface area contributed by atoms with Crippen molar-refractivity contribution in [1.82, 2.24) is 0 Å². The largest absolute Gasteiger partial charge is 0.481 e. The molecule has 0 saturated carbocycles. The zero-order valence-corrected chi connectivity index (χ0v) is 17.5. The average molecular weight is 393 g/mol. The van der Waals surface area contributed by atoms with Crippen LogP contribution in [0.25, 0.3) is 0 Å². The van der Waals surface area contributed by atoms with E-state index in [4.69, 9.17) is 14.6 Å². The van der Waals surface area contributed by atoms with Gasteiger partial charge >= 0.3 is 17.9 Å². The summed E-state index contributed by atoms with van der Waals surface area (Å²) in [4.78, 5) is 35.6. The van der Waals surface area contributed by atoms with Crippen molar-refractivity contribution in [1.29, 1.82) is 0 Å². The Balaban J connectivity index is 4.70. The smallest absolute Gasteiger partial charge is 0.309 e. The molecule has 3 unspecified atom stereocenters. The molecule has 0 amide bonds. The number of hydrogen-bond donors (Lipinski definition) is 2. The highest BCUT2D eigenvalue weighted by atomic mass is 31.2. The Kier molecular flexibility index (Phi) is 11.7.